The van der Waals surface area contributed by atoms with Crippen LogP contribution >= 0.6 is 0 Å². The first-order valence-electron chi connectivity index (χ1n) is 11.1. The number of amides is 1. The summed E-state index contributed by atoms with van der Waals surface area (Å²) in [6.07, 6.45) is 3.36. The Kier molecular flexibility index (Phi) is 8.01. The fourth-order valence-electron chi connectivity index (χ4n) is 4.00. The number of nitrogens with zero attached hydrogens (tertiary/aromatic N) is 6. The summed E-state index contributed by atoms with van der Waals surface area (Å²) < 4.78 is 1.86. The number of rotatable bonds is 9. The van der Waals surface area contributed by atoms with Crippen LogP contribution in [0, 0.1) is 25.2 Å². The summed E-state index contributed by atoms with van der Waals surface area (Å²) in [7, 11) is 0. The van der Waals surface area contributed by atoms with Crippen LogP contribution in [0.15, 0.2) is 18.3 Å². The zero-order valence-electron chi connectivity index (χ0n) is 18.9. The van der Waals surface area contributed by atoms with Gasteiger partial charge in [-0.15, -0.1) is 0 Å². The number of carbonyl (C=O) groups excluding carboxylic acids is 1. The van der Waals surface area contributed by atoms with Crippen molar-refractivity contribution < 1.29 is 4.79 Å². The van der Waals surface area contributed by atoms with E-state index in [2.05, 4.69) is 38.2 Å². The number of anilines is 1. The second-order valence-corrected chi connectivity index (χ2v) is 8.00. The third-order valence-corrected chi connectivity index (χ3v) is 6.01. The molecule has 166 valence electrons. The molecule has 2 aromatic heterocycles. The Labute approximate surface area is 184 Å². The number of aryl methyl sites for hydroxylation is 2. The molecule has 8 nitrogen and oxygen atoms in total. The summed E-state index contributed by atoms with van der Waals surface area (Å²) in [6.45, 7) is 12.5. The third kappa shape index (κ3) is 6.05. The van der Waals surface area contributed by atoms with Crippen LogP contribution in [-0.4, -0.2) is 58.3 Å². The number of carbonyl (C=O) groups is 1. The van der Waals surface area contributed by atoms with Gasteiger partial charge in [0.2, 0.25) is 5.91 Å². The molecule has 0 saturated carbocycles. The molecule has 1 aliphatic heterocycles. The van der Waals surface area contributed by atoms with Crippen molar-refractivity contribution in [3.8, 4) is 6.07 Å². The highest BCUT2D eigenvalue weighted by Gasteiger charge is 2.17. The largest absolute Gasteiger partial charge is 0.354 e. The lowest BCUT2D eigenvalue weighted by Crippen LogP contribution is -2.46. The van der Waals surface area contributed by atoms with Gasteiger partial charge in [0.15, 0.2) is 0 Å². The lowest BCUT2D eigenvalue weighted by molar-refractivity contribution is -0.121. The van der Waals surface area contributed by atoms with E-state index >= 15 is 0 Å². The smallest absolute Gasteiger partial charge is 0.220 e. The van der Waals surface area contributed by atoms with Crippen LogP contribution in [0.1, 0.15) is 42.3 Å². The molecule has 0 aromatic carbocycles. The lowest BCUT2D eigenvalue weighted by Gasteiger charge is -2.34. The van der Waals surface area contributed by atoms with Crippen molar-refractivity contribution >= 4 is 11.7 Å². The Morgan fingerprint density at radius 2 is 2.00 bits per heavy atom. The van der Waals surface area contributed by atoms with Crippen LogP contribution in [0.3, 0.4) is 0 Å². The zero-order valence-corrected chi connectivity index (χ0v) is 18.9. The van der Waals surface area contributed by atoms with Gasteiger partial charge < -0.3 is 15.1 Å². The maximum Gasteiger partial charge on any atom is 0.220 e. The van der Waals surface area contributed by atoms with Crippen molar-refractivity contribution in [2.75, 3.05) is 37.6 Å². The van der Waals surface area contributed by atoms with Crippen LogP contribution in [0.4, 0.5) is 5.82 Å². The Morgan fingerprint density at radius 1 is 1.23 bits per heavy atom. The average Bonchev–Trinajstić information content (AvgIpc) is 3.07. The van der Waals surface area contributed by atoms with Crippen molar-refractivity contribution in [2.45, 2.75) is 53.1 Å². The van der Waals surface area contributed by atoms with Gasteiger partial charge in [-0.2, -0.15) is 10.4 Å². The van der Waals surface area contributed by atoms with E-state index in [-0.39, 0.29) is 5.91 Å². The van der Waals surface area contributed by atoms with E-state index in [4.69, 9.17) is 5.26 Å². The minimum Gasteiger partial charge on any atom is -0.354 e. The Morgan fingerprint density at radius 3 is 2.65 bits per heavy atom. The van der Waals surface area contributed by atoms with Gasteiger partial charge in [0.25, 0.3) is 0 Å². The molecule has 0 radical (unpaired) electrons. The highest BCUT2D eigenvalue weighted by Crippen LogP contribution is 2.16. The van der Waals surface area contributed by atoms with Crippen LogP contribution in [0.25, 0.3) is 0 Å². The van der Waals surface area contributed by atoms with E-state index in [1.165, 1.54) is 0 Å². The van der Waals surface area contributed by atoms with Gasteiger partial charge in [-0.05, 0) is 44.0 Å². The van der Waals surface area contributed by atoms with Gasteiger partial charge in [0.05, 0.1) is 24.7 Å². The summed E-state index contributed by atoms with van der Waals surface area (Å²) in [5, 5.41) is 16.3. The van der Waals surface area contributed by atoms with Gasteiger partial charge >= 0.3 is 0 Å². The maximum atomic E-state index is 12.3. The van der Waals surface area contributed by atoms with Gasteiger partial charge in [0, 0.05) is 51.0 Å². The number of nitriles is 1. The number of nitrogens with one attached hydrogen (secondary N) is 1. The lowest BCUT2D eigenvalue weighted by atomic mass is 10.1. The van der Waals surface area contributed by atoms with E-state index in [9.17, 15) is 4.79 Å². The van der Waals surface area contributed by atoms with E-state index < -0.39 is 0 Å². The molecule has 1 amide bonds. The van der Waals surface area contributed by atoms with E-state index in [1.807, 2.05) is 36.9 Å². The SMILES string of the molecule is CCN1CCN(c2ccc(CNC(=O)CCc3c(C)nn(CCC#N)c3C)cn2)CC1. The molecule has 0 spiro atoms. The van der Waals surface area contributed by atoms with Crippen molar-refractivity contribution in [2.24, 2.45) is 0 Å². The molecule has 0 atom stereocenters. The fourth-order valence-corrected chi connectivity index (χ4v) is 4.00. The van der Waals surface area contributed by atoms with Crippen molar-refractivity contribution in [3.63, 3.8) is 0 Å². The normalized spacial score (nSPS) is 14.5. The fraction of sp³-hybridized carbons (Fsp3) is 0.565. The van der Waals surface area contributed by atoms with Gasteiger partial charge in [-0.3, -0.25) is 9.48 Å². The first kappa shape index (κ1) is 22.8. The first-order valence-corrected chi connectivity index (χ1v) is 11.1. The monoisotopic (exact) mass is 423 g/mol. The zero-order chi connectivity index (χ0) is 22.2. The summed E-state index contributed by atoms with van der Waals surface area (Å²) in [5.41, 5.74) is 4.08. The number of aromatic nitrogens is 3. The molecule has 1 fully saturated rings. The van der Waals surface area contributed by atoms with E-state index in [1.54, 1.807) is 0 Å². The minimum absolute atomic E-state index is 0.0170. The summed E-state index contributed by atoms with van der Waals surface area (Å²) in [4.78, 5) is 21.7. The van der Waals surface area contributed by atoms with Crippen LogP contribution in [-0.2, 0) is 24.3 Å². The van der Waals surface area contributed by atoms with Crippen molar-refractivity contribution in [1.82, 2.24) is 25.0 Å². The highest BCUT2D eigenvalue weighted by atomic mass is 16.1. The van der Waals surface area contributed by atoms with E-state index in [0.29, 0.717) is 32.4 Å². The second kappa shape index (κ2) is 10.9. The highest BCUT2D eigenvalue weighted by molar-refractivity contribution is 5.76. The first-order chi connectivity index (χ1) is 15.0. The standard InChI is InChI=1S/C23H33N7O/c1-4-28-12-14-29(15-13-28)22-8-6-20(16-25-22)17-26-23(31)9-7-21-18(2)27-30(19(21)3)11-5-10-24/h6,8,16H,4-5,7,9,11-15,17H2,1-3H3,(H,26,31). The molecular weight excluding hydrogens is 390 g/mol. The van der Waals surface area contributed by atoms with Gasteiger partial charge in [0.1, 0.15) is 5.82 Å². The van der Waals surface area contributed by atoms with Crippen LogP contribution < -0.4 is 10.2 Å². The minimum atomic E-state index is 0.0170. The third-order valence-electron chi connectivity index (χ3n) is 6.01. The Hall–Kier alpha value is -2.92. The summed E-state index contributed by atoms with van der Waals surface area (Å²) in [5.74, 6) is 1.02. The molecule has 31 heavy (non-hydrogen) atoms. The quantitative estimate of drug-likeness (QED) is 0.665. The Balaban J connectivity index is 1.45. The van der Waals surface area contributed by atoms with Crippen molar-refractivity contribution in [1.29, 1.82) is 5.26 Å². The van der Waals surface area contributed by atoms with E-state index in [0.717, 1.165) is 61.1 Å². The summed E-state index contributed by atoms with van der Waals surface area (Å²) >= 11 is 0. The number of likely N-dealkylation sites (N-methyl/N-ethyl adjacent to an activating group) is 1. The predicted molar refractivity (Wildman–Crippen MR) is 121 cm³/mol. The predicted octanol–water partition coefficient (Wildman–Crippen LogP) is 2.20. The number of hydrogen-bond acceptors (Lipinski definition) is 6. The van der Waals surface area contributed by atoms with Gasteiger partial charge in [-0.25, -0.2) is 4.98 Å². The maximum absolute atomic E-state index is 12.3. The molecule has 3 rings (SSSR count). The molecule has 0 unspecified atom stereocenters. The molecule has 8 heteroatoms. The number of pyridine rings is 1. The molecule has 2 aromatic rings. The topological polar surface area (TPSA) is 90.1 Å². The number of hydrogen-bond donors (Lipinski definition) is 1. The molecule has 1 aliphatic rings. The Bertz CT molecular complexity index is 905. The average molecular weight is 424 g/mol. The molecule has 0 bridgehead atoms. The molecule has 1 N–H and O–H groups in total. The summed E-state index contributed by atoms with van der Waals surface area (Å²) in [6, 6.07) is 6.24. The molecular formula is C23H33N7O. The second-order valence-electron chi connectivity index (χ2n) is 8.00. The van der Waals surface area contributed by atoms with Crippen LogP contribution in [0.5, 0.6) is 0 Å². The molecule has 0 aliphatic carbocycles. The molecule has 3 heterocycles. The molecule has 1 saturated heterocycles. The van der Waals surface area contributed by atoms with Crippen molar-refractivity contribution in [3.05, 3.63) is 40.8 Å². The van der Waals surface area contributed by atoms with Gasteiger partial charge in [-0.1, -0.05) is 13.0 Å². The van der Waals surface area contributed by atoms with Crippen LogP contribution in [0.2, 0.25) is 0 Å². The number of piperazine rings is 1.